The van der Waals surface area contributed by atoms with Gasteiger partial charge in [0.05, 0.1) is 12.0 Å². The Hall–Kier alpha value is -2.86. The number of halogens is 1. The Labute approximate surface area is 214 Å². The summed E-state index contributed by atoms with van der Waals surface area (Å²) >= 11 is 7.78. The molecule has 3 aromatic carbocycles. The van der Waals surface area contributed by atoms with Crippen LogP contribution in [0.3, 0.4) is 0 Å². The lowest BCUT2D eigenvalue weighted by molar-refractivity contribution is 0.0979. The van der Waals surface area contributed by atoms with Crippen molar-refractivity contribution in [1.82, 2.24) is 4.90 Å². The van der Waals surface area contributed by atoms with Gasteiger partial charge in [0.2, 0.25) is 0 Å². The van der Waals surface area contributed by atoms with Crippen molar-refractivity contribution in [2.24, 2.45) is 0 Å². The molecule has 1 fully saturated rings. The number of carbonyl (C=O) groups is 1. The Kier molecular flexibility index (Phi) is 5.79. The van der Waals surface area contributed by atoms with Crippen molar-refractivity contribution in [3.8, 4) is 5.75 Å². The van der Waals surface area contributed by atoms with Crippen LogP contribution in [0.25, 0.3) is 10.1 Å². The van der Waals surface area contributed by atoms with Gasteiger partial charge in [0, 0.05) is 33.9 Å². The average Bonchev–Trinajstić information content (AvgIpc) is 3.45. The van der Waals surface area contributed by atoms with E-state index in [-0.39, 0.29) is 11.3 Å². The number of hydrogen-bond acceptors (Lipinski definition) is 4. The minimum absolute atomic E-state index is 0.0545. The average molecular weight is 503 g/mol. The summed E-state index contributed by atoms with van der Waals surface area (Å²) in [6.07, 6.45) is 2.01. The van der Waals surface area contributed by atoms with Crippen molar-refractivity contribution < 1.29 is 9.53 Å². The lowest BCUT2D eigenvalue weighted by Gasteiger charge is -2.40. The summed E-state index contributed by atoms with van der Waals surface area (Å²) < 4.78 is 6.73. The molecule has 35 heavy (non-hydrogen) atoms. The molecule has 2 aliphatic rings. The molecule has 4 aromatic rings. The Morgan fingerprint density at radius 3 is 2.63 bits per heavy atom. The summed E-state index contributed by atoms with van der Waals surface area (Å²) in [4.78, 5) is 19.1. The standard InChI is InChI=1S/C29H27ClN2O2S/c1-34-23-9-10-25-24(17-23)29(11-13-31(14-12-29)18-20-5-4-7-22(30)15-20)19-32(25)28(33)27-16-21-6-2-3-8-26(21)35-27/h2-10,15-17H,11-14,18-19H2,1H3. The number of methoxy groups -OCH3 is 1. The first-order valence-corrected chi connectivity index (χ1v) is 13.2. The van der Waals surface area contributed by atoms with Gasteiger partial charge >= 0.3 is 0 Å². The number of fused-ring (bicyclic) bond motifs is 3. The van der Waals surface area contributed by atoms with Gasteiger partial charge in [-0.1, -0.05) is 41.9 Å². The highest BCUT2D eigenvalue weighted by molar-refractivity contribution is 7.20. The number of nitrogens with zero attached hydrogens (tertiary/aromatic N) is 2. The summed E-state index contributed by atoms with van der Waals surface area (Å²) in [5, 5.41) is 1.90. The second-order valence-corrected chi connectivity index (χ2v) is 11.1. The van der Waals surface area contributed by atoms with Crippen LogP contribution in [0.15, 0.2) is 72.8 Å². The summed E-state index contributed by atoms with van der Waals surface area (Å²) in [5.41, 5.74) is 3.45. The summed E-state index contributed by atoms with van der Waals surface area (Å²) in [6, 6.07) is 24.5. The Morgan fingerprint density at radius 1 is 1.03 bits per heavy atom. The first-order chi connectivity index (χ1) is 17.0. The maximum atomic E-state index is 13.8. The number of benzene rings is 3. The molecule has 0 bridgehead atoms. The van der Waals surface area contributed by atoms with Gasteiger partial charge < -0.3 is 9.64 Å². The fourth-order valence-corrected chi connectivity index (χ4v) is 6.86. The molecular weight excluding hydrogens is 476 g/mol. The minimum atomic E-state index is -0.0545. The fourth-order valence-electron chi connectivity index (χ4n) is 5.64. The molecule has 3 heterocycles. The number of likely N-dealkylation sites (tertiary alicyclic amines) is 1. The summed E-state index contributed by atoms with van der Waals surface area (Å²) in [6.45, 7) is 3.57. The Morgan fingerprint density at radius 2 is 1.86 bits per heavy atom. The zero-order valence-electron chi connectivity index (χ0n) is 19.7. The first-order valence-electron chi connectivity index (χ1n) is 12.0. The Balaban J connectivity index is 1.28. The lowest BCUT2D eigenvalue weighted by Crippen LogP contribution is -2.45. The minimum Gasteiger partial charge on any atom is -0.497 e. The van der Waals surface area contributed by atoms with Gasteiger partial charge in [-0.2, -0.15) is 0 Å². The van der Waals surface area contributed by atoms with Crippen molar-refractivity contribution in [2.75, 3.05) is 31.6 Å². The normalized spacial score (nSPS) is 17.1. The van der Waals surface area contributed by atoms with Gasteiger partial charge in [-0.05, 0) is 84.9 Å². The molecule has 6 rings (SSSR count). The summed E-state index contributed by atoms with van der Waals surface area (Å²) in [5.74, 6) is 0.941. The molecule has 0 aliphatic carbocycles. The highest BCUT2D eigenvalue weighted by atomic mass is 35.5. The fraction of sp³-hybridized carbons (Fsp3) is 0.276. The van der Waals surface area contributed by atoms with Crippen molar-refractivity contribution in [1.29, 1.82) is 0 Å². The molecule has 4 nitrogen and oxygen atoms in total. The van der Waals surface area contributed by atoms with Crippen LogP contribution < -0.4 is 9.64 Å². The number of anilines is 1. The zero-order chi connectivity index (χ0) is 24.0. The molecule has 178 valence electrons. The van der Waals surface area contributed by atoms with E-state index in [9.17, 15) is 4.79 Å². The predicted molar refractivity (Wildman–Crippen MR) is 144 cm³/mol. The van der Waals surface area contributed by atoms with E-state index >= 15 is 0 Å². The van der Waals surface area contributed by atoms with E-state index in [2.05, 4.69) is 35.2 Å². The highest BCUT2D eigenvalue weighted by Gasteiger charge is 2.46. The van der Waals surface area contributed by atoms with Crippen LogP contribution in [-0.4, -0.2) is 37.6 Å². The van der Waals surface area contributed by atoms with Gasteiger partial charge in [0.1, 0.15) is 5.75 Å². The molecule has 0 radical (unpaired) electrons. The molecule has 0 N–H and O–H groups in total. The van der Waals surface area contributed by atoms with E-state index in [1.54, 1.807) is 18.4 Å². The van der Waals surface area contributed by atoms with Crippen LogP contribution in [0.2, 0.25) is 5.02 Å². The van der Waals surface area contributed by atoms with E-state index in [1.165, 1.54) is 11.1 Å². The molecule has 2 aliphatic heterocycles. The number of piperidine rings is 1. The third kappa shape index (κ3) is 4.12. The molecule has 1 aromatic heterocycles. The molecule has 1 saturated heterocycles. The van der Waals surface area contributed by atoms with Gasteiger partial charge in [-0.3, -0.25) is 9.69 Å². The molecule has 0 atom stereocenters. The topological polar surface area (TPSA) is 32.8 Å². The predicted octanol–water partition coefficient (Wildman–Crippen LogP) is 6.76. The van der Waals surface area contributed by atoms with E-state index in [4.69, 9.17) is 16.3 Å². The maximum Gasteiger partial charge on any atom is 0.268 e. The van der Waals surface area contributed by atoms with Crippen LogP contribution in [0.4, 0.5) is 5.69 Å². The first kappa shape index (κ1) is 22.6. The SMILES string of the molecule is COc1ccc2c(c1)C1(CCN(Cc3cccc(Cl)c3)CC1)CN2C(=O)c1cc2ccccc2s1. The van der Waals surface area contributed by atoms with Crippen LogP contribution >= 0.6 is 22.9 Å². The van der Waals surface area contributed by atoms with Gasteiger partial charge in [-0.25, -0.2) is 0 Å². The third-order valence-corrected chi connectivity index (χ3v) is 8.86. The number of amides is 1. The molecule has 1 spiro atoms. The molecule has 6 heteroatoms. The van der Waals surface area contributed by atoms with Crippen molar-refractivity contribution >= 4 is 44.6 Å². The summed E-state index contributed by atoms with van der Waals surface area (Å²) in [7, 11) is 1.71. The lowest BCUT2D eigenvalue weighted by atomic mass is 9.74. The van der Waals surface area contributed by atoms with Crippen LogP contribution in [-0.2, 0) is 12.0 Å². The molecule has 0 unspecified atom stereocenters. The smallest absolute Gasteiger partial charge is 0.268 e. The van der Waals surface area contributed by atoms with E-state index in [0.29, 0.717) is 6.54 Å². The molecule has 1 amide bonds. The number of hydrogen-bond donors (Lipinski definition) is 0. The number of ether oxygens (including phenoxy) is 1. The van der Waals surface area contributed by atoms with E-state index in [1.807, 2.05) is 47.4 Å². The second-order valence-electron chi connectivity index (χ2n) is 9.61. The van der Waals surface area contributed by atoms with Gasteiger partial charge in [0.15, 0.2) is 0 Å². The number of thiophene rings is 1. The molecule has 0 saturated carbocycles. The largest absolute Gasteiger partial charge is 0.497 e. The van der Waals surface area contributed by atoms with E-state index in [0.717, 1.165) is 63.9 Å². The Bertz CT molecular complexity index is 1370. The van der Waals surface area contributed by atoms with Crippen LogP contribution in [0.5, 0.6) is 5.75 Å². The van der Waals surface area contributed by atoms with Crippen molar-refractivity contribution in [3.05, 3.63) is 93.8 Å². The van der Waals surface area contributed by atoms with Crippen molar-refractivity contribution in [3.63, 3.8) is 0 Å². The zero-order valence-corrected chi connectivity index (χ0v) is 21.2. The molecular formula is C29H27ClN2O2S. The monoisotopic (exact) mass is 502 g/mol. The number of rotatable bonds is 4. The van der Waals surface area contributed by atoms with Gasteiger partial charge in [-0.15, -0.1) is 11.3 Å². The maximum absolute atomic E-state index is 13.8. The highest BCUT2D eigenvalue weighted by Crippen LogP contribution is 2.49. The van der Waals surface area contributed by atoms with E-state index < -0.39 is 0 Å². The van der Waals surface area contributed by atoms with Gasteiger partial charge in [0.25, 0.3) is 5.91 Å². The third-order valence-electron chi connectivity index (χ3n) is 7.52. The van der Waals surface area contributed by atoms with Crippen LogP contribution in [0, 0.1) is 0 Å². The number of carbonyl (C=O) groups excluding carboxylic acids is 1. The van der Waals surface area contributed by atoms with Crippen molar-refractivity contribution in [2.45, 2.75) is 24.8 Å². The quantitative estimate of drug-likeness (QED) is 0.309. The second kappa shape index (κ2) is 8.98. The van der Waals surface area contributed by atoms with Crippen LogP contribution in [0.1, 0.15) is 33.6 Å².